The van der Waals surface area contributed by atoms with Gasteiger partial charge in [-0.3, -0.25) is 0 Å². The summed E-state index contributed by atoms with van der Waals surface area (Å²) in [4.78, 5) is 0. The van der Waals surface area contributed by atoms with Crippen molar-refractivity contribution in [1.82, 2.24) is 0 Å². The third-order valence-electron chi connectivity index (χ3n) is 3.83. The fraction of sp³-hybridized carbons (Fsp3) is 0.692. The van der Waals surface area contributed by atoms with Crippen molar-refractivity contribution in [3.05, 3.63) is 26.3 Å². The van der Waals surface area contributed by atoms with E-state index in [-0.39, 0.29) is 0 Å². The van der Waals surface area contributed by atoms with Crippen molar-refractivity contribution in [3.8, 4) is 0 Å². The number of hydrogen-bond acceptors (Lipinski definition) is 0. The van der Waals surface area contributed by atoms with Crippen LogP contribution in [0.3, 0.4) is 0 Å². The predicted molar refractivity (Wildman–Crippen MR) is 61.7 cm³/mol. The van der Waals surface area contributed by atoms with Gasteiger partial charge in [-0.1, -0.05) is 13.8 Å². The zero-order valence-corrected chi connectivity index (χ0v) is 9.26. The fourth-order valence-electron chi connectivity index (χ4n) is 2.87. The van der Waals surface area contributed by atoms with E-state index in [1.807, 2.05) is 0 Å². The molecule has 0 heterocycles. The lowest BCUT2D eigenvalue weighted by atomic mass is 9.82. The average molecular weight is 180 g/mol. The second-order valence-electron chi connectivity index (χ2n) is 4.05. The van der Waals surface area contributed by atoms with Gasteiger partial charge in [-0.05, 0) is 42.9 Å². The van der Waals surface area contributed by atoms with E-state index in [2.05, 4.69) is 40.2 Å². The van der Waals surface area contributed by atoms with Gasteiger partial charge >= 0.3 is 0 Å². The lowest BCUT2D eigenvalue weighted by molar-refractivity contribution is 0.259. The Kier molecular flexibility index (Phi) is 5.77. The van der Waals surface area contributed by atoms with Crippen LogP contribution >= 0.6 is 0 Å². The predicted octanol–water partition coefficient (Wildman–Crippen LogP) is 4.29. The van der Waals surface area contributed by atoms with Crippen LogP contribution < -0.4 is 0 Å². The van der Waals surface area contributed by atoms with Crippen molar-refractivity contribution in [2.45, 2.75) is 33.1 Å². The summed E-state index contributed by atoms with van der Waals surface area (Å²) in [6.07, 6.45) is 4.63. The van der Waals surface area contributed by atoms with Crippen LogP contribution in [0.1, 0.15) is 33.1 Å². The molecule has 4 unspecified atom stereocenters. The zero-order chi connectivity index (χ0) is 10.4. The lowest BCUT2D eigenvalue weighted by Gasteiger charge is -2.24. The molecule has 2 bridgehead atoms. The van der Waals surface area contributed by atoms with Crippen molar-refractivity contribution in [1.29, 1.82) is 0 Å². The molecule has 0 spiro atoms. The first-order valence-electron chi connectivity index (χ1n) is 5.29. The quantitative estimate of drug-likeness (QED) is 0.488. The van der Waals surface area contributed by atoms with E-state index >= 15 is 0 Å². The smallest absolute Gasteiger partial charge is 0.0383 e. The van der Waals surface area contributed by atoms with Crippen molar-refractivity contribution in [2.24, 2.45) is 23.7 Å². The Hall–Kier alpha value is -0.520. The molecule has 2 fully saturated rings. The van der Waals surface area contributed by atoms with Crippen molar-refractivity contribution in [2.75, 3.05) is 0 Å². The van der Waals surface area contributed by atoms with Gasteiger partial charge in [-0.2, -0.15) is 0 Å². The normalized spacial score (nSPS) is 39.8. The molecule has 0 saturated heterocycles. The molecule has 0 amide bonds. The maximum Gasteiger partial charge on any atom is -0.0383 e. The molecule has 2 aliphatic rings. The van der Waals surface area contributed by atoms with Crippen LogP contribution in [0.15, 0.2) is 26.3 Å². The first kappa shape index (κ1) is 12.5. The summed E-state index contributed by atoms with van der Waals surface area (Å²) in [5.41, 5.74) is 0. The Morgan fingerprint density at radius 3 is 1.23 bits per heavy atom. The topological polar surface area (TPSA) is 0 Å². The third-order valence-corrected chi connectivity index (χ3v) is 3.83. The molecule has 0 N–H and O–H groups in total. The monoisotopic (exact) mass is 180 g/mol. The van der Waals surface area contributed by atoms with Crippen LogP contribution in [0.4, 0.5) is 0 Å². The van der Waals surface area contributed by atoms with E-state index in [1.165, 1.54) is 12.8 Å². The van der Waals surface area contributed by atoms with Crippen LogP contribution in [-0.4, -0.2) is 0 Å². The Morgan fingerprint density at radius 2 is 1.08 bits per heavy atom. The fourth-order valence-corrected chi connectivity index (χ4v) is 2.87. The Morgan fingerprint density at radius 1 is 0.769 bits per heavy atom. The van der Waals surface area contributed by atoms with Gasteiger partial charge in [0.25, 0.3) is 0 Å². The van der Waals surface area contributed by atoms with Crippen LogP contribution in [0, 0.1) is 23.7 Å². The summed E-state index contributed by atoms with van der Waals surface area (Å²) in [6, 6.07) is 0. The minimum Gasteiger partial charge on any atom is -0.106 e. The summed E-state index contributed by atoms with van der Waals surface area (Å²) in [5.74, 6) is 4.32. The molecule has 2 rings (SSSR count). The van der Waals surface area contributed by atoms with Gasteiger partial charge in [-0.25, -0.2) is 0 Å². The van der Waals surface area contributed by atoms with E-state index in [0.717, 1.165) is 23.7 Å². The molecule has 0 radical (unpaired) electrons. The van der Waals surface area contributed by atoms with E-state index < -0.39 is 0 Å². The SMILES string of the molecule is C=C.C=C.CC1C2CCC(C2)C1C. The highest BCUT2D eigenvalue weighted by Gasteiger charge is 2.42. The number of fused-ring (bicyclic) bond motifs is 2. The summed E-state index contributed by atoms with van der Waals surface area (Å²) < 4.78 is 0. The molecule has 76 valence electrons. The van der Waals surface area contributed by atoms with Gasteiger partial charge in [0.05, 0.1) is 0 Å². The first-order chi connectivity index (χ1) is 6.29. The highest BCUT2D eigenvalue weighted by molar-refractivity contribution is 4.92. The van der Waals surface area contributed by atoms with Crippen LogP contribution in [0.2, 0.25) is 0 Å². The molecule has 0 aromatic carbocycles. The largest absolute Gasteiger partial charge is 0.106 e. The highest BCUT2D eigenvalue weighted by atomic mass is 14.5. The molecule has 0 aromatic rings. The molecule has 4 atom stereocenters. The molecular formula is C13H24. The Bertz CT molecular complexity index is 119. The van der Waals surface area contributed by atoms with E-state index in [0.29, 0.717) is 0 Å². The summed E-state index contributed by atoms with van der Waals surface area (Å²) in [7, 11) is 0. The van der Waals surface area contributed by atoms with Crippen molar-refractivity contribution < 1.29 is 0 Å². The average Bonchev–Trinajstić information content (AvgIpc) is 2.78. The molecule has 2 saturated carbocycles. The molecule has 0 nitrogen and oxygen atoms in total. The van der Waals surface area contributed by atoms with E-state index in [9.17, 15) is 0 Å². The van der Waals surface area contributed by atoms with Crippen molar-refractivity contribution >= 4 is 0 Å². The first-order valence-corrected chi connectivity index (χ1v) is 5.29. The van der Waals surface area contributed by atoms with E-state index in [1.54, 1.807) is 6.42 Å². The molecule has 2 aliphatic carbocycles. The molecular weight excluding hydrogens is 156 g/mol. The minimum absolute atomic E-state index is 1.05. The number of hydrogen-bond donors (Lipinski definition) is 0. The summed E-state index contributed by atoms with van der Waals surface area (Å²) >= 11 is 0. The van der Waals surface area contributed by atoms with Crippen LogP contribution in [-0.2, 0) is 0 Å². The van der Waals surface area contributed by atoms with Gasteiger partial charge in [0.15, 0.2) is 0 Å². The van der Waals surface area contributed by atoms with Crippen LogP contribution in [0.25, 0.3) is 0 Å². The molecule has 0 aromatic heterocycles. The van der Waals surface area contributed by atoms with Gasteiger partial charge in [-0.15, -0.1) is 26.3 Å². The van der Waals surface area contributed by atoms with Gasteiger partial charge in [0, 0.05) is 0 Å². The minimum atomic E-state index is 1.05. The molecule has 0 heteroatoms. The number of rotatable bonds is 0. The Balaban J connectivity index is 0.000000322. The maximum atomic E-state index is 3.00. The summed E-state index contributed by atoms with van der Waals surface area (Å²) in [6.45, 7) is 16.9. The molecule has 13 heavy (non-hydrogen) atoms. The maximum absolute atomic E-state index is 3.00. The lowest BCUT2D eigenvalue weighted by Crippen LogP contribution is -2.15. The third kappa shape index (κ3) is 2.46. The van der Waals surface area contributed by atoms with Gasteiger partial charge in [0.2, 0.25) is 0 Å². The van der Waals surface area contributed by atoms with Gasteiger partial charge < -0.3 is 0 Å². The van der Waals surface area contributed by atoms with E-state index in [4.69, 9.17) is 0 Å². The van der Waals surface area contributed by atoms with Gasteiger partial charge in [0.1, 0.15) is 0 Å². The second-order valence-corrected chi connectivity index (χ2v) is 4.05. The second kappa shape index (κ2) is 6.01. The Labute approximate surface area is 83.7 Å². The highest BCUT2D eigenvalue weighted by Crippen LogP contribution is 2.51. The standard InChI is InChI=1S/C9H16.2C2H4/c1-6-7(2)9-4-3-8(6)5-9;2*1-2/h6-9H,3-5H2,1-2H3;2*1-2H2. The zero-order valence-electron chi connectivity index (χ0n) is 9.26. The van der Waals surface area contributed by atoms with Crippen LogP contribution in [0.5, 0.6) is 0 Å². The molecule has 0 aliphatic heterocycles. The van der Waals surface area contributed by atoms with Crippen molar-refractivity contribution in [3.63, 3.8) is 0 Å². The summed E-state index contributed by atoms with van der Waals surface area (Å²) in [5, 5.41) is 0.